The Balaban J connectivity index is 1.86. The zero-order chi connectivity index (χ0) is 13.7. The van der Waals surface area contributed by atoms with E-state index in [2.05, 4.69) is 0 Å². The molecule has 4 nitrogen and oxygen atoms in total. The Labute approximate surface area is 111 Å². The van der Waals surface area contributed by atoms with Crippen molar-refractivity contribution in [2.75, 3.05) is 0 Å². The summed E-state index contributed by atoms with van der Waals surface area (Å²) in [5.41, 5.74) is 1.80. The van der Waals surface area contributed by atoms with Gasteiger partial charge in [-0.25, -0.2) is 0 Å². The number of carboxylic acid groups (broad SMARTS) is 1. The molecule has 0 aliphatic rings. The van der Waals surface area contributed by atoms with E-state index in [-0.39, 0.29) is 0 Å². The predicted octanol–water partition coefficient (Wildman–Crippen LogP) is 3.18. The quantitative estimate of drug-likeness (QED) is 0.866. The fraction of sp³-hybridized carbons (Fsp3) is 0.267. The molecule has 2 rings (SSSR count). The maximum atomic E-state index is 10.9. The summed E-state index contributed by atoms with van der Waals surface area (Å²) in [6.45, 7) is 2.58. The minimum absolute atomic E-state index is 0.431. The molecule has 0 saturated carbocycles. The van der Waals surface area contributed by atoms with Crippen molar-refractivity contribution in [3.63, 3.8) is 0 Å². The molecule has 1 atom stereocenters. The molecular weight excluding hydrogens is 244 g/mol. The van der Waals surface area contributed by atoms with Crippen LogP contribution in [0.2, 0.25) is 0 Å². The van der Waals surface area contributed by atoms with Gasteiger partial charge in [-0.05, 0) is 30.2 Å². The van der Waals surface area contributed by atoms with E-state index in [4.69, 9.17) is 14.3 Å². The van der Waals surface area contributed by atoms with Gasteiger partial charge in [0, 0.05) is 0 Å². The van der Waals surface area contributed by atoms with Crippen LogP contribution < -0.4 is 0 Å². The first kappa shape index (κ1) is 13.4. The molecule has 1 heterocycles. The van der Waals surface area contributed by atoms with Gasteiger partial charge >= 0.3 is 5.97 Å². The monoisotopic (exact) mass is 260 g/mol. The standard InChI is InChI=1S/C15H16O4/c1-11(15(16)17)13-6-4-12(5-7-13)9-18-10-14-3-2-8-19-14/h2-8,11H,9-10H2,1H3,(H,16,17). The van der Waals surface area contributed by atoms with Gasteiger partial charge in [-0.2, -0.15) is 0 Å². The smallest absolute Gasteiger partial charge is 0.310 e. The average molecular weight is 260 g/mol. The lowest BCUT2D eigenvalue weighted by Crippen LogP contribution is -2.07. The highest BCUT2D eigenvalue weighted by atomic mass is 16.5. The minimum atomic E-state index is -0.818. The first-order valence-electron chi connectivity index (χ1n) is 6.08. The van der Waals surface area contributed by atoms with Crippen molar-refractivity contribution in [2.45, 2.75) is 26.1 Å². The van der Waals surface area contributed by atoms with Crippen LogP contribution in [-0.4, -0.2) is 11.1 Å². The van der Waals surface area contributed by atoms with Crippen molar-refractivity contribution in [1.29, 1.82) is 0 Å². The third-order valence-corrected chi connectivity index (χ3v) is 2.94. The van der Waals surface area contributed by atoms with Crippen LogP contribution in [0.15, 0.2) is 47.1 Å². The van der Waals surface area contributed by atoms with E-state index in [9.17, 15) is 4.79 Å². The number of hydrogen-bond donors (Lipinski definition) is 1. The molecule has 0 saturated heterocycles. The molecule has 2 aromatic rings. The normalized spacial score (nSPS) is 12.3. The SMILES string of the molecule is CC(C(=O)O)c1ccc(COCc2ccco2)cc1. The second-order valence-electron chi connectivity index (χ2n) is 4.37. The third kappa shape index (κ3) is 3.69. The van der Waals surface area contributed by atoms with Crippen molar-refractivity contribution in [1.82, 2.24) is 0 Å². The van der Waals surface area contributed by atoms with Crippen LogP contribution in [0, 0.1) is 0 Å². The maximum absolute atomic E-state index is 10.9. The number of ether oxygens (including phenoxy) is 1. The molecule has 0 spiro atoms. The number of carboxylic acids is 1. The van der Waals surface area contributed by atoms with E-state index in [1.54, 1.807) is 13.2 Å². The van der Waals surface area contributed by atoms with Gasteiger partial charge in [0.1, 0.15) is 12.4 Å². The van der Waals surface area contributed by atoms with Gasteiger partial charge in [0.05, 0.1) is 18.8 Å². The summed E-state index contributed by atoms with van der Waals surface area (Å²) in [5.74, 6) is -0.518. The minimum Gasteiger partial charge on any atom is -0.481 e. The van der Waals surface area contributed by atoms with Crippen molar-refractivity contribution in [3.8, 4) is 0 Å². The van der Waals surface area contributed by atoms with Crippen LogP contribution in [0.3, 0.4) is 0 Å². The summed E-state index contributed by atoms with van der Waals surface area (Å²) in [7, 11) is 0. The summed E-state index contributed by atoms with van der Waals surface area (Å²) in [6, 6.07) is 11.1. The fourth-order valence-corrected chi connectivity index (χ4v) is 1.71. The number of aliphatic carboxylic acids is 1. The molecule has 1 aromatic heterocycles. The molecule has 4 heteroatoms. The first-order valence-corrected chi connectivity index (χ1v) is 6.08. The van der Waals surface area contributed by atoms with Gasteiger partial charge in [0.2, 0.25) is 0 Å². The number of rotatable bonds is 6. The molecule has 0 aliphatic heterocycles. The van der Waals surface area contributed by atoms with E-state index < -0.39 is 11.9 Å². The molecule has 1 unspecified atom stereocenters. The van der Waals surface area contributed by atoms with Crippen LogP contribution in [0.1, 0.15) is 29.7 Å². The number of furan rings is 1. The van der Waals surface area contributed by atoms with E-state index in [1.165, 1.54) is 0 Å². The molecular formula is C15H16O4. The summed E-state index contributed by atoms with van der Waals surface area (Å²) in [4.78, 5) is 10.9. The Morgan fingerprint density at radius 2 is 2.00 bits per heavy atom. The Kier molecular flexibility index (Phi) is 4.36. The Bertz CT molecular complexity index is 514. The zero-order valence-electron chi connectivity index (χ0n) is 10.7. The lowest BCUT2D eigenvalue weighted by atomic mass is 10.0. The summed E-state index contributed by atoms with van der Waals surface area (Å²) in [5, 5.41) is 8.92. The van der Waals surface area contributed by atoms with E-state index >= 15 is 0 Å². The Morgan fingerprint density at radius 1 is 1.26 bits per heavy atom. The highest BCUT2D eigenvalue weighted by Crippen LogP contribution is 2.16. The molecule has 0 fully saturated rings. The van der Waals surface area contributed by atoms with Crippen LogP contribution in [0.5, 0.6) is 0 Å². The van der Waals surface area contributed by atoms with Gasteiger partial charge < -0.3 is 14.3 Å². The fourth-order valence-electron chi connectivity index (χ4n) is 1.71. The van der Waals surface area contributed by atoms with Crippen molar-refractivity contribution in [3.05, 3.63) is 59.5 Å². The molecule has 1 aromatic carbocycles. The van der Waals surface area contributed by atoms with Crippen molar-refractivity contribution >= 4 is 5.97 Å². The molecule has 0 radical (unpaired) electrons. The van der Waals surface area contributed by atoms with Gasteiger partial charge in [-0.1, -0.05) is 24.3 Å². The van der Waals surface area contributed by atoms with Crippen LogP contribution in [0.25, 0.3) is 0 Å². The second-order valence-corrected chi connectivity index (χ2v) is 4.37. The maximum Gasteiger partial charge on any atom is 0.310 e. The average Bonchev–Trinajstić information content (AvgIpc) is 2.92. The van der Waals surface area contributed by atoms with E-state index in [1.807, 2.05) is 36.4 Å². The molecule has 0 amide bonds. The Hall–Kier alpha value is -2.07. The topological polar surface area (TPSA) is 59.7 Å². The third-order valence-electron chi connectivity index (χ3n) is 2.94. The summed E-state index contributed by atoms with van der Waals surface area (Å²) in [6.07, 6.45) is 1.61. The van der Waals surface area contributed by atoms with Gasteiger partial charge in [-0.15, -0.1) is 0 Å². The lowest BCUT2D eigenvalue weighted by molar-refractivity contribution is -0.138. The lowest BCUT2D eigenvalue weighted by Gasteiger charge is -2.08. The molecule has 1 N–H and O–H groups in total. The zero-order valence-corrected chi connectivity index (χ0v) is 10.7. The second kappa shape index (κ2) is 6.20. The number of hydrogen-bond acceptors (Lipinski definition) is 3. The summed E-state index contributed by atoms with van der Waals surface area (Å²) < 4.78 is 10.7. The van der Waals surface area contributed by atoms with Crippen molar-refractivity contribution < 1.29 is 19.1 Å². The van der Waals surface area contributed by atoms with E-state index in [0.29, 0.717) is 13.2 Å². The number of benzene rings is 1. The first-order chi connectivity index (χ1) is 9.16. The van der Waals surface area contributed by atoms with Crippen LogP contribution >= 0.6 is 0 Å². The Morgan fingerprint density at radius 3 is 2.58 bits per heavy atom. The molecule has 100 valence electrons. The molecule has 0 bridgehead atoms. The summed E-state index contributed by atoms with van der Waals surface area (Å²) >= 11 is 0. The van der Waals surface area contributed by atoms with Gasteiger partial charge in [0.25, 0.3) is 0 Å². The van der Waals surface area contributed by atoms with Crippen LogP contribution in [-0.2, 0) is 22.7 Å². The molecule has 0 aliphatic carbocycles. The highest BCUT2D eigenvalue weighted by Gasteiger charge is 2.12. The number of carbonyl (C=O) groups is 1. The highest BCUT2D eigenvalue weighted by molar-refractivity contribution is 5.75. The van der Waals surface area contributed by atoms with Crippen molar-refractivity contribution in [2.24, 2.45) is 0 Å². The van der Waals surface area contributed by atoms with Gasteiger partial charge in [0.15, 0.2) is 0 Å². The predicted molar refractivity (Wildman–Crippen MR) is 69.7 cm³/mol. The van der Waals surface area contributed by atoms with Gasteiger partial charge in [-0.3, -0.25) is 4.79 Å². The largest absolute Gasteiger partial charge is 0.481 e. The van der Waals surface area contributed by atoms with Crippen LogP contribution in [0.4, 0.5) is 0 Å². The molecule has 19 heavy (non-hydrogen) atoms. The van der Waals surface area contributed by atoms with E-state index in [0.717, 1.165) is 16.9 Å².